The Morgan fingerprint density at radius 2 is 1.62 bits per heavy atom. The number of hydrogen-bond donors (Lipinski definition) is 1. The van der Waals surface area contributed by atoms with E-state index < -0.39 is 0 Å². The molecule has 1 atom stereocenters. The Bertz CT molecular complexity index is 161. The van der Waals surface area contributed by atoms with E-state index in [1.165, 1.54) is 71.0 Å². The molecule has 0 bridgehead atoms. The van der Waals surface area contributed by atoms with Crippen molar-refractivity contribution in [2.24, 2.45) is 5.92 Å². The standard InChI is InChI=1S/C14H29NS/c1-14-9-11-15(13-14)10-7-5-3-2-4-6-8-12-16/h14,16H,2-13H2,1H3. The van der Waals surface area contributed by atoms with Gasteiger partial charge in [-0.15, -0.1) is 0 Å². The number of likely N-dealkylation sites (tertiary alicyclic amines) is 1. The van der Waals surface area contributed by atoms with Crippen LogP contribution in [0, 0.1) is 5.92 Å². The molecule has 16 heavy (non-hydrogen) atoms. The minimum Gasteiger partial charge on any atom is -0.303 e. The third-order valence-electron chi connectivity index (χ3n) is 3.64. The predicted molar refractivity (Wildman–Crippen MR) is 76.4 cm³/mol. The second-order valence-electron chi connectivity index (χ2n) is 5.39. The summed E-state index contributed by atoms with van der Waals surface area (Å²) in [5, 5.41) is 0. The fraction of sp³-hybridized carbons (Fsp3) is 1.00. The fourth-order valence-corrected chi connectivity index (χ4v) is 2.78. The van der Waals surface area contributed by atoms with Crippen LogP contribution in [0.4, 0.5) is 0 Å². The van der Waals surface area contributed by atoms with Crippen LogP contribution in [0.3, 0.4) is 0 Å². The zero-order valence-corrected chi connectivity index (χ0v) is 11.9. The molecule has 0 aromatic rings. The Hall–Kier alpha value is 0.310. The van der Waals surface area contributed by atoms with Crippen molar-refractivity contribution in [3.05, 3.63) is 0 Å². The predicted octanol–water partition coefficient (Wildman–Crippen LogP) is 3.99. The molecule has 1 aliphatic rings. The van der Waals surface area contributed by atoms with E-state index in [1.54, 1.807) is 0 Å². The average molecular weight is 243 g/mol. The molecular weight excluding hydrogens is 214 g/mol. The Morgan fingerprint density at radius 1 is 1.00 bits per heavy atom. The van der Waals surface area contributed by atoms with E-state index in [9.17, 15) is 0 Å². The Balaban J connectivity index is 1.78. The number of hydrogen-bond acceptors (Lipinski definition) is 2. The van der Waals surface area contributed by atoms with Crippen molar-refractivity contribution in [2.75, 3.05) is 25.4 Å². The molecule has 0 aromatic carbocycles. The highest BCUT2D eigenvalue weighted by molar-refractivity contribution is 7.80. The van der Waals surface area contributed by atoms with E-state index in [2.05, 4.69) is 24.5 Å². The maximum atomic E-state index is 4.23. The average Bonchev–Trinajstić information content (AvgIpc) is 2.68. The number of rotatable bonds is 9. The van der Waals surface area contributed by atoms with Crippen LogP contribution in [0.2, 0.25) is 0 Å². The summed E-state index contributed by atoms with van der Waals surface area (Å²) in [7, 11) is 0. The lowest BCUT2D eigenvalue weighted by molar-refractivity contribution is 0.317. The van der Waals surface area contributed by atoms with Gasteiger partial charge in [0, 0.05) is 6.54 Å². The summed E-state index contributed by atoms with van der Waals surface area (Å²) >= 11 is 4.23. The van der Waals surface area contributed by atoms with Gasteiger partial charge in [-0.05, 0) is 44.0 Å². The van der Waals surface area contributed by atoms with Gasteiger partial charge in [0.15, 0.2) is 0 Å². The molecule has 1 nitrogen and oxygen atoms in total. The largest absolute Gasteiger partial charge is 0.303 e. The summed E-state index contributed by atoms with van der Waals surface area (Å²) < 4.78 is 0. The third-order valence-corrected chi connectivity index (χ3v) is 3.96. The lowest BCUT2D eigenvalue weighted by Crippen LogP contribution is -2.21. The molecule has 0 aliphatic carbocycles. The zero-order valence-electron chi connectivity index (χ0n) is 11.0. The highest BCUT2D eigenvalue weighted by Crippen LogP contribution is 2.16. The van der Waals surface area contributed by atoms with Gasteiger partial charge in [-0.2, -0.15) is 12.6 Å². The summed E-state index contributed by atoms with van der Waals surface area (Å²) in [6.07, 6.45) is 11.2. The van der Waals surface area contributed by atoms with Crippen LogP contribution in [-0.4, -0.2) is 30.3 Å². The molecule has 1 fully saturated rings. The van der Waals surface area contributed by atoms with Gasteiger partial charge >= 0.3 is 0 Å². The molecule has 0 aromatic heterocycles. The van der Waals surface area contributed by atoms with Gasteiger partial charge in [0.05, 0.1) is 0 Å². The van der Waals surface area contributed by atoms with Crippen molar-refractivity contribution in [1.82, 2.24) is 4.90 Å². The van der Waals surface area contributed by atoms with E-state index in [1.807, 2.05) is 0 Å². The maximum absolute atomic E-state index is 4.23. The molecule has 0 spiro atoms. The van der Waals surface area contributed by atoms with Crippen LogP contribution in [-0.2, 0) is 0 Å². The first-order valence-electron chi connectivity index (χ1n) is 7.16. The molecule has 1 rings (SSSR count). The van der Waals surface area contributed by atoms with Gasteiger partial charge in [0.1, 0.15) is 0 Å². The molecule has 2 heteroatoms. The van der Waals surface area contributed by atoms with Crippen molar-refractivity contribution in [3.63, 3.8) is 0 Å². The van der Waals surface area contributed by atoms with E-state index in [0.29, 0.717) is 0 Å². The molecule has 1 saturated heterocycles. The van der Waals surface area contributed by atoms with Gasteiger partial charge in [-0.25, -0.2) is 0 Å². The summed E-state index contributed by atoms with van der Waals surface area (Å²) in [6.45, 7) is 6.42. The van der Waals surface area contributed by atoms with Crippen molar-refractivity contribution >= 4 is 12.6 Å². The minimum atomic E-state index is 0.946. The van der Waals surface area contributed by atoms with Crippen molar-refractivity contribution in [3.8, 4) is 0 Å². The molecule has 0 saturated carbocycles. The molecule has 0 amide bonds. The summed E-state index contributed by atoms with van der Waals surface area (Å²) in [5.41, 5.74) is 0. The Morgan fingerprint density at radius 3 is 2.19 bits per heavy atom. The van der Waals surface area contributed by atoms with E-state index >= 15 is 0 Å². The van der Waals surface area contributed by atoms with E-state index in [4.69, 9.17) is 0 Å². The molecule has 1 aliphatic heterocycles. The van der Waals surface area contributed by atoms with Crippen LogP contribution in [0.25, 0.3) is 0 Å². The maximum Gasteiger partial charge on any atom is 0.000750 e. The lowest BCUT2D eigenvalue weighted by Gasteiger charge is -2.14. The molecular formula is C14H29NS. The van der Waals surface area contributed by atoms with Crippen LogP contribution in [0.15, 0.2) is 0 Å². The van der Waals surface area contributed by atoms with Crippen LogP contribution < -0.4 is 0 Å². The summed E-state index contributed by atoms with van der Waals surface area (Å²) in [5.74, 6) is 2.01. The van der Waals surface area contributed by atoms with Gasteiger partial charge < -0.3 is 4.90 Å². The summed E-state index contributed by atoms with van der Waals surface area (Å²) in [4.78, 5) is 2.64. The van der Waals surface area contributed by atoms with Crippen LogP contribution in [0.1, 0.15) is 58.3 Å². The van der Waals surface area contributed by atoms with Gasteiger partial charge in [0.2, 0.25) is 0 Å². The van der Waals surface area contributed by atoms with Gasteiger partial charge in [-0.3, -0.25) is 0 Å². The highest BCUT2D eigenvalue weighted by Gasteiger charge is 2.17. The first-order valence-corrected chi connectivity index (χ1v) is 7.79. The first-order chi connectivity index (χ1) is 7.83. The second-order valence-corrected chi connectivity index (χ2v) is 5.84. The lowest BCUT2D eigenvalue weighted by atomic mass is 10.1. The summed E-state index contributed by atoms with van der Waals surface area (Å²) in [6, 6.07) is 0. The Kier molecular flexibility index (Phi) is 8.40. The van der Waals surface area contributed by atoms with Gasteiger partial charge in [0.25, 0.3) is 0 Å². The normalized spacial score (nSPS) is 21.8. The van der Waals surface area contributed by atoms with Gasteiger partial charge in [-0.1, -0.05) is 39.0 Å². The molecule has 96 valence electrons. The van der Waals surface area contributed by atoms with Crippen LogP contribution in [0.5, 0.6) is 0 Å². The van der Waals surface area contributed by atoms with Crippen molar-refractivity contribution in [1.29, 1.82) is 0 Å². The number of unbranched alkanes of at least 4 members (excludes halogenated alkanes) is 6. The topological polar surface area (TPSA) is 3.24 Å². The van der Waals surface area contributed by atoms with Crippen molar-refractivity contribution in [2.45, 2.75) is 58.3 Å². The zero-order chi connectivity index (χ0) is 11.6. The first kappa shape index (κ1) is 14.4. The molecule has 1 unspecified atom stereocenters. The monoisotopic (exact) mass is 243 g/mol. The minimum absolute atomic E-state index is 0.946. The number of nitrogens with zero attached hydrogens (tertiary/aromatic N) is 1. The SMILES string of the molecule is CC1CCN(CCCCCCCCCS)C1. The Labute approximate surface area is 107 Å². The molecule has 1 heterocycles. The fourth-order valence-electron chi connectivity index (χ4n) is 2.56. The highest BCUT2D eigenvalue weighted by atomic mass is 32.1. The smallest absolute Gasteiger partial charge is 0.000750 e. The van der Waals surface area contributed by atoms with E-state index in [0.717, 1.165) is 11.7 Å². The third kappa shape index (κ3) is 6.80. The van der Waals surface area contributed by atoms with Crippen LogP contribution >= 0.6 is 12.6 Å². The second kappa shape index (κ2) is 9.35. The number of thiol groups is 1. The molecule has 0 N–H and O–H groups in total. The quantitative estimate of drug-likeness (QED) is 0.473. The van der Waals surface area contributed by atoms with Crippen molar-refractivity contribution < 1.29 is 0 Å². The molecule has 0 radical (unpaired) electrons. The van der Waals surface area contributed by atoms with E-state index in [-0.39, 0.29) is 0 Å².